The quantitative estimate of drug-likeness (QED) is 0.847. The molecule has 0 spiro atoms. The Morgan fingerprint density at radius 1 is 1.15 bits per heavy atom. The number of hydrogen-bond acceptors (Lipinski definition) is 3. The van der Waals surface area contributed by atoms with Crippen LogP contribution >= 0.6 is 15.9 Å². The number of anilines is 1. The molecular weight excluding hydrogens is 318 g/mol. The van der Waals surface area contributed by atoms with Gasteiger partial charge in [-0.15, -0.1) is 0 Å². The molecule has 4 heteroatoms. The summed E-state index contributed by atoms with van der Waals surface area (Å²) in [7, 11) is 0. The zero-order valence-electron chi connectivity index (χ0n) is 11.3. The van der Waals surface area contributed by atoms with Gasteiger partial charge in [-0.1, -0.05) is 34.1 Å². The molecule has 0 aliphatic carbocycles. The van der Waals surface area contributed by atoms with Gasteiger partial charge in [-0.3, -0.25) is 0 Å². The van der Waals surface area contributed by atoms with Crippen LogP contribution in [-0.2, 0) is 0 Å². The third kappa shape index (κ3) is 4.54. The average molecular weight is 336 g/mol. The maximum absolute atomic E-state index is 9.92. The van der Waals surface area contributed by atoms with E-state index in [0.29, 0.717) is 6.54 Å². The lowest BCUT2D eigenvalue weighted by Gasteiger charge is -2.15. The number of nitrogens with one attached hydrogen (secondary N) is 1. The molecule has 0 heterocycles. The number of aliphatic hydroxyl groups excluding tert-OH is 1. The van der Waals surface area contributed by atoms with Gasteiger partial charge in [0.25, 0.3) is 0 Å². The van der Waals surface area contributed by atoms with E-state index in [-0.39, 0.29) is 6.61 Å². The van der Waals surface area contributed by atoms with Crippen molar-refractivity contribution in [3.63, 3.8) is 0 Å². The van der Waals surface area contributed by atoms with Crippen molar-refractivity contribution in [2.24, 2.45) is 0 Å². The highest BCUT2D eigenvalue weighted by Gasteiger charge is 2.06. The van der Waals surface area contributed by atoms with Crippen LogP contribution in [0.2, 0.25) is 0 Å². The molecule has 0 bridgehead atoms. The number of benzene rings is 2. The normalized spacial score (nSPS) is 11.9. The van der Waals surface area contributed by atoms with Crippen LogP contribution in [0.25, 0.3) is 0 Å². The average Bonchev–Trinajstić information content (AvgIpc) is 2.46. The van der Waals surface area contributed by atoms with Gasteiger partial charge in [0.15, 0.2) is 0 Å². The lowest BCUT2D eigenvalue weighted by molar-refractivity contribution is 0.117. The predicted molar refractivity (Wildman–Crippen MR) is 85.3 cm³/mol. The van der Waals surface area contributed by atoms with Gasteiger partial charge in [0.2, 0.25) is 0 Å². The van der Waals surface area contributed by atoms with Crippen molar-refractivity contribution in [2.75, 3.05) is 18.5 Å². The van der Waals surface area contributed by atoms with Crippen molar-refractivity contribution < 1.29 is 9.84 Å². The van der Waals surface area contributed by atoms with Crippen LogP contribution in [0.1, 0.15) is 5.56 Å². The molecule has 20 heavy (non-hydrogen) atoms. The van der Waals surface area contributed by atoms with Crippen molar-refractivity contribution in [1.82, 2.24) is 0 Å². The highest BCUT2D eigenvalue weighted by molar-refractivity contribution is 9.10. The summed E-state index contributed by atoms with van der Waals surface area (Å²) >= 11 is 3.39. The van der Waals surface area contributed by atoms with Crippen LogP contribution in [-0.4, -0.2) is 24.4 Å². The summed E-state index contributed by atoms with van der Waals surface area (Å²) in [6, 6.07) is 15.6. The zero-order chi connectivity index (χ0) is 14.4. The minimum atomic E-state index is -0.557. The van der Waals surface area contributed by atoms with Crippen molar-refractivity contribution >= 4 is 21.6 Å². The van der Waals surface area contributed by atoms with E-state index in [4.69, 9.17) is 4.74 Å². The number of halogens is 1. The molecule has 0 radical (unpaired) electrons. The van der Waals surface area contributed by atoms with Gasteiger partial charge in [-0.05, 0) is 42.8 Å². The van der Waals surface area contributed by atoms with Crippen LogP contribution < -0.4 is 10.1 Å². The molecule has 0 fully saturated rings. The fourth-order valence-electron chi connectivity index (χ4n) is 1.77. The SMILES string of the molecule is Cc1ccccc1OCC(O)CNc1ccc(Br)cc1. The van der Waals surface area contributed by atoms with E-state index in [9.17, 15) is 5.11 Å². The molecular formula is C16H18BrNO2. The van der Waals surface area contributed by atoms with Gasteiger partial charge in [-0.25, -0.2) is 0 Å². The summed E-state index contributed by atoms with van der Waals surface area (Å²) in [5, 5.41) is 13.1. The molecule has 0 aliphatic rings. The first kappa shape index (κ1) is 14.9. The fourth-order valence-corrected chi connectivity index (χ4v) is 2.03. The third-order valence-corrected chi connectivity index (χ3v) is 3.44. The number of rotatable bonds is 6. The maximum Gasteiger partial charge on any atom is 0.122 e. The Balaban J connectivity index is 1.77. The minimum Gasteiger partial charge on any atom is -0.491 e. The number of hydrogen-bond donors (Lipinski definition) is 2. The molecule has 0 aromatic heterocycles. The largest absolute Gasteiger partial charge is 0.491 e. The standard InChI is InChI=1S/C16H18BrNO2/c1-12-4-2-3-5-16(12)20-11-15(19)10-18-14-8-6-13(17)7-9-14/h2-9,15,18-19H,10-11H2,1H3. The molecule has 2 aromatic rings. The van der Waals surface area contributed by atoms with E-state index in [0.717, 1.165) is 21.5 Å². The molecule has 2 aromatic carbocycles. The molecule has 0 saturated carbocycles. The fraction of sp³-hybridized carbons (Fsp3) is 0.250. The molecule has 0 amide bonds. The van der Waals surface area contributed by atoms with Crippen molar-refractivity contribution in [2.45, 2.75) is 13.0 Å². The Kier molecular flexibility index (Phi) is 5.44. The summed E-state index contributed by atoms with van der Waals surface area (Å²) in [6.45, 7) is 2.71. The van der Waals surface area contributed by atoms with E-state index < -0.39 is 6.10 Å². The van der Waals surface area contributed by atoms with Crippen molar-refractivity contribution in [3.05, 3.63) is 58.6 Å². The molecule has 1 atom stereocenters. The van der Waals surface area contributed by atoms with Crippen LogP contribution in [0, 0.1) is 6.92 Å². The van der Waals surface area contributed by atoms with Gasteiger partial charge in [0, 0.05) is 16.7 Å². The third-order valence-electron chi connectivity index (χ3n) is 2.91. The monoisotopic (exact) mass is 335 g/mol. The molecule has 1 unspecified atom stereocenters. The summed E-state index contributed by atoms with van der Waals surface area (Å²) in [5.41, 5.74) is 2.05. The molecule has 2 rings (SSSR count). The topological polar surface area (TPSA) is 41.5 Å². The molecule has 3 nitrogen and oxygen atoms in total. The van der Waals surface area contributed by atoms with Gasteiger partial charge >= 0.3 is 0 Å². The van der Waals surface area contributed by atoms with Crippen molar-refractivity contribution in [3.8, 4) is 5.75 Å². The first-order valence-corrected chi connectivity index (χ1v) is 7.30. The van der Waals surface area contributed by atoms with Crippen LogP contribution in [0.5, 0.6) is 5.75 Å². The molecule has 0 aliphatic heterocycles. The summed E-state index contributed by atoms with van der Waals surface area (Å²) < 4.78 is 6.64. The van der Waals surface area contributed by atoms with Crippen LogP contribution in [0.4, 0.5) is 5.69 Å². The first-order valence-electron chi connectivity index (χ1n) is 6.51. The molecule has 2 N–H and O–H groups in total. The van der Waals surface area contributed by atoms with Crippen LogP contribution in [0.15, 0.2) is 53.0 Å². The Hall–Kier alpha value is -1.52. The summed E-state index contributed by atoms with van der Waals surface area (Å²) in [6.07, 6.45) is -0.557. The number of ether oxygens (including phenoxy) is 1. The minimum absolute atomic E-state index is 0.272. The highest BCUT2D eigenvalue weighted by atomic mass is 79.9. The second kappa shape index (κ2) is 7.31. The van der Waals surface area contributed by atoms with Gasteiger partial charge in [-0.2, -0.15) is 0 Å². The second-order valence-corrected chi connectivity index (χ2v) is 5.53. The smallest absolute Gasteiger partial charge is 0.122 e. The Morgan fingerprint density at radius 3 is 2.55 bits per heavy atom. The van der Waals surface area contributed by atoms with E-state index in [1.807, 2.05) is 55.5 Å². The van der Waals surface area contributed by atoms with E-state index in [1.54, 1.807) is 0 Å². The second-order valence-electron chi connectivity index (χ2n) is 4.62. The Morgan fingerprint density at radius 2 is 1.85 bits per heavy atom. The molecule has 0 saturated heterocycles. The predicted octanol–water partition coefficient (Wildman–Crippen LogP) is 3.61. The van der Waals surface area contributed by atoms with Crippen LogP contribution in [0.3, 0.4) is 0 Å². The zero-order valence-corrected chi connectivity index (χ0v) is 12.9. The Bertz CT molecular complexity index is 542. The molecule has 106 valence electrons. The van der Waals surface area contributed by atoms with E-state index in [2.05, 4.69) is 21.2 Å². The van der Waals surface area contributed by atoms with E-state index >= 15 is 0 Å². The van der Waals surface area contributed by atoms with E-state index in [1.165, 1.54) is 0 Å². The maximum atomic E-state index is 9.92. The lowest BCUT2D eigenvalue weighted by atomic mass is 10.2. The highest BCUT2D eigenvalue weighted by Crippen LogP contribution is 2.17. The number of aryl methyl sites for hydroxylation is 1. The lowest BCUT2D eigenvalue weighted by Crippen LogP contribution is -2.26. The van der Waals surface area contributed by atoms with Gasteiger partial charge in [0.1, 0.15) is 18.5 Å². The van der Waals surface area contributed by atoms with Crippen molar-refractivity contribution in [1.29, 1.82) is 0 Å². The summed E-state index contributed by atoms with van der Waals surface area (Å²) in [5.74, 6) is 0.815. The van der Waals surface area contributed by atoms with Gasteiger partial charge < -0.3 is 15.2 Å². The number of para-hydroxylation sites is 1. The van der Waals surface area contributed by atoms with Gasteiger partial charge in [0.05, 0.1) is 0 Å². The summed E-state index contributed by atoms with van der Waals surface area (Å²) in [4.78, 5) is 0. The number of aliphatic hydroxyl groups is 1. The first-order chi connectivity index (χ1) is 9.65. The Labute approximate surface area is 127 Å².